The number of Topliss-reactive ketones (excluding diaryl/α,β-unsaturated/α-hetero) is 1. The van der Waals surface area contributed by atoms with Crippen LogP contribution in [-0.2, 0) is 48.7 Å². The standard InChI is InChI=1S/C37H44ClF2N3O7S/c1-5-23-16-37(23,34(46)41-51(48,49)25-10-11-25)17-32(44)31-15-24(50-35(47)42-18-22-7-6-8-28(38)26(22)20-42)19-43(31)33(45)27(36(2,3)4)13-21-9-12-29(39)30(40)14-21/h6-9,12,14,23-25,27,31H,5,10-11,13,15-20H2,1-4H3,(H,41,46)/t23-,24-,27-,31+,37-/m1/s1. The van der Waals surface area contributed by atoms with Crippen LogP contribution in [0.4, 0.5) is 13.6 Å². The van der Waals surface area contributed by atoms with Gasteiger partial charge in [0.05, 0.1) is 29.8 Å². The van der Waals surface area contributed by atoms with Crippen LogP contribution < -0.4 is 4.72 Å². The van der Waals surface area contributed by atoms with Crippen molar-refractivity contribution in [3.63, 3.8) is 0 Å². The molecule has 6 rings (SSSR count). The molecule has 0 radical (unpaired) electrons. The Labute approximate surface area is 302 Å². The number of hydrogen-bond donors (Lipinski definition) is 1. The molecule has 10 nitrogen and oxygen atoms in total. The number of rotatable bonds is 11. The minimum Gasteiger partial charge on any atom is -0.444 e. The quantitative estimate of drug-likeness (QED) is 0.302. The van der Waals surface area contributed by atoms with Crippen molar-refractivity contribution in [3.05, 3.63) is 69.7 Å². The molecular formula is C37H44ClF2N3O7S. The molecule has 1 N–H and O–H groups in total. The second kappa shape index (κ2) is 13.8. The monoisotopic (exact) mass is 747 g/mol. The highest BCUT2D eigenvalue weighted by Crippen LogP contribution is 2.58. The average Bonchev–Trinajstić information content (AvgIpc) is 3.95. The molecule has 51 heavy (non-hydrogen) atoms. The van der Waals surface area contributed by atoms with Gasteiger partial charge in [0, 0.05) is 30.3 Å². The molecule has 0 aromatic heterocycles. The highest BCUT2D eigenvalue weighted by molar-refractivity contribution is 7.90. The molecule has 3 fully saturated rings. The molecule has 0 bridgehead atoms. The summed E-state index contributed by atoms with van der Waals surface area (Å²) in [7, 11) is -3.85. The molecule has 4 aliphatic rings. The molecule has 2 heterocycles. The highest BCUT2D eigenvalue weighted by atomic mass is 35.5. The fourth-order valence-electron chi connectivity index (χ4n) is 7.64. The number of ether oxygens (including phenoxy) is 1. The van der Waals surface area contributed by atoms with E-state index < -0.39 is 79.5 Å². The number of benzene rings is 2. The predicted molar refractivity (Wildman–Crippen MR) is 185 cm³/mol. The first-order valence-electron chi connectivity index (χ1n) is 17.5. The second-order valence-electron chi connectivity index (χ2n) is 15.6. The topological polar surface area (TPSA) is 130 Å². The summed E-state index contributed by atoms with van der Waals surface area (Å²) in [5, 5.41) is -0.0801. The highest BCUT2D eigenvalue weighted by Gasteiger charge is 2.62. The largest absolute Gasteiger partial charge is 0.444 e. The molecule has 5 atom stereocenters. The van der Waals surface area contributed by atoms with Gasteiger partial charge < -0.3 is 9.64 Å². The minimum atomic E-state index is -3.85. The Balaban J connectivity index is 1.25. The summed E-state index contributed by atoms with van der Waals surface area (Å²) in [5.74, 6) is -4.61. The summed E-state index contributed by atoms with van der Waals surface area (Å²) in [5.41, 5.74) is 0.193. The Hall–Kier alpha value is -3.58. The van der Waals surface area contributed by atoms with Crippen LogP contribution >= 0.6 is 11.6 Å². The van der Waals surface area contributed by atoms with Gasteiger partial charge in [-0.25, -0.2) is 22.0 Å². The zero-order valence-corrected chi connectivity index (χ0v) is 30.8. The van der Waals surface area contributed by atoms with Gasteiger partial charge in [-0.2, -0.15) is 0 Å². The summed E-state index contributed by atoms with van der Waals surface area (Å²) in [6, 6.07) is 7.82. The third-order valence-electron chi connectivity index (χ3n) is 11.0. The van der Waals surface area contributed by atoms with Crippen LogP contribution in [0.3, 0.4) is 0 Å². The van der Waals surface area contributed by atoms with E-state index in [1.807, 2.05) is 33.8 Å². The first-order valence-corrected chi connectivity index (χ1v) is 19.4. The summed E-state index contributed by atoms with van der Waals surface area (Å²) >= 11 is 6.35. The number of fused-ring (bicyclic) bond motifs is 1. The van der Waals surface area contributed by atoms with Crippen molar-refractivity contribution in [2.45, 2.75) is 103 Å². The van der Waals surface area contributed by atoms with Gasteiger partial charge in [0.25, 0.3) is 0 Å². The molecule has 2 aromatic rings. The van der Waals surface area contributed by atoms with E-state index in [2.05, 4.69) is 4.72 Å². The van der Waals surface area contributed by atoms with E-state index in [1.165, 1.54) is 15.9 Å². The Kier molecular flexibility index (Phi) is 10.0. The third-order valence-corrected chi connectivity index (χ3v) is 13.2. The van der Waals surface area contributed by atoms with E-state index in [1.54, 1.807) is 12.1 Å². The number of halogens is 3. The second-order valence-corrected chi connectivity index (χ2v) is 18.0. The first kappa shape index (κ1) is 37.2. The molecule has 0 spiro atoms. The Morgan fingerprint density at radius 3 is 2.41 bits per heavy atom. The molecular weight excluding hydrogens is 704 g/mol. The first-order chi connectivity index (χ1) is 23.9. The van der Waals surface area contributed by atoms with E-state index in [4.69, 9.17) is 16.3 Å². The normalized spacial score (nSPS) is 25.0. The van der Waals surface area contributed by atoms with Gasteiger partial charge >= 0.3 is 6.09 Å². The molecule has 2 aromatic carbocycles. The van der Waals surface area contributed by atoms with Crippen LogP contribution in [0.25, 0.3) is 0 Å². The molecule has 2 aliphatic carbocycles. The van der Waals surface area contributed by atoms with Crippen LogP contribution in [0.1, 0.15) is 82.9 Å². The number of ketones is 1. The van der Waals surface area contributed by atoms with Gasteiger partial charge in [-0.05, 0) is 71.9 Å². The number of hydrogen-bond acceptors (Lipinski definition) is 7. The van der Waals surface area contributed by atoms with E-state index in [-0.39, 0.29) is 44.8 Å². The minimum absolute atomic E-state index is 0.0191. The molecule has 14 heteroatoms. The SMILES string of the molecule is CC[C@@H]1C[C@]1(CC(=O)[C@@H]1C[C@@H](OC(=O)N2Cc3cccc(Cl)c3C2)CN1C(=O)[C@@H](Cc1ccc(F)c(F)c1)C(C)(C)C)C(=O)NS(=O)(=O)C1CC1. The van der Waals surface area contributed by atoms with E-state index in [0.29, 0.717) is 36.3 Å². The van der Waals surface area contributed by atoms with E-state index >= 15 is 0 Å². The zero-order chi connectivity index (χ0) is 37.0. The number of nitrogens with zero attached hydrogens (tertiary/aromatic N) is 2. The molecule has 2 saturated carbocycles. The van der Waals surface area contributed by atoms with Crippen molar-refractivity contribution in [3.8, 4) is 0 Å². The zero-order valence-electron chi connectivity index (χ0n) is 29.2. The number of carbonyl (C=O) groups excluding carboxylic acids is 4. The van der Waals surface area contributed by atoms with Crippen LogP contribution in [0.5, 0.6) is 0 Å². The lowest BCUT2D eigenvalue weighted by molar-refractivity contribution is -0.144. The van der Waals surface area contributed by atoms with E-state index in [0.717, 1.165) is 23.3 Å². The maximum absolute atomic E-state index is 14.5. The Morgan fingerprint density at radius 2 is 1.80 bits per heavy atom. The van der Waals surface area contributed by atoms with Crippen LogP contribution in [-0.4, -0.2) is 65.8 Å². The summed E-state index contributed by atoms with van der Waals surface area (Å²) in [6.45, 7) is 7.82. The number of nitrogens with one attached hydrogen (secondary N) is 1. The maximum Gasteiger partial charge on any atom is 0.410 e. The van der Waals surface area contributed by atoms with Crippen LogP contribution in [0, 0.1) is 34.3 Å². The molecule has 1 saturated heterocycles. The van der Waals surface area contributed by atoms with Gasteiger partial charge in [-0.3, -0.25) is 24.0 Å². The molecule has 276 valence electrons. The summed E-state index contributed by atoms with van der Waals surface area (Å²) in [4.78, 5) is 58.7. The van der Waals surface area contributed by atoms with Crippen molar-refractivity contribution in [1.82, 2.24) is 14.5 Å². The molecule has 3 amide bonds. The fourth-order valence-corrected chi connectivity index (χ4v) is 9.28. The number of likely N-dealkylation sites (tertiary alicyclic amines) is 1. The van der Waals surface area contributed by atoms with Crippen molar-refractivity contribution >= 4 is 45.3 Å². The van der Waals surface area contributed by atoms with Crippen molar-refractivity contribution in [1.29, 1.82) is 0 Å². The number of amides is 3. The predicted octanol–water partition coefficient (Wildman–Crippen LogP) is 5.93. The van der Waals surface area contributed by atoms with Crippen LogP contribution in [0.2, 0.25) is 5.02 Å². The fraction of sp³-hybridized carbons (Fsp3) is 0.568. The number of sulfonamides is 1. The maximum atomic E-state index is 14.5. The van der Waals surface area contributed by atoms with Crippen molar-refractivity contribution in [2.75, 3.05) is 6.54 Å². The Morgan fingerprint density at radius 1 is 1.08 bits per heavy atom. The van der Waals surface area contributed by atoms with Crippen LogP contribution in [0.15, 0.2) is 36.4 Å². The lowest BCUT2D eigenvalue weighted by Crippen LogP contribution is -2.48. The van der Waals surface area contributed by atoms with Gasteiger partial charge in [-0.15, -0.1) is 0 Å². The third kappa shape index (κ3) is 7.65. The Bertz CT molecular complexity index is 1860. The lowest BCUT2D eigenvalue weighted by atomic mass is 9.76. The molecule has 0 unspecified atom stereocenters. The van der Waals surface area contributed by atoms with E-state index in [9.17, 15) is 36.4 Å². The smallest absolute Gasteiger partial charge is 0.410 e. The van der Waals surface area contributed by atoms with Crippen molar-refractivity contribution < 1.29 is 41.1 Å². The van der Waals surface area contributed by atoms with Gasteiger partial charge in [0.2, 0.25) is 21.8 Å². The van der Waals surface area contributed by atoms with Gasteiger partial charge in [-0.1, -0.05) is 63.9 Å². The summed E-state index contributed by atoms with van der Waals surface area (Å²) < 4.78 is 61.5. The molecule has 2 aliphatic heterocycles. The van der Waals surface area contributed by atoms with Gasteiger partial charge in [0.1, 0.15) is 6.10 Å². The summed E-state index contributed by atoms with van der Waals surface area (Å²) in [6.07, 6.45) is 0.0972. The van der Waals surface area contributed by atoms with Gasteiger partial charge in [0.15, 0.2) is 17.4 Å². The van der Waals surface area contributed by atoms with Crippen molar-refractivity contribution in [2.24, 2.45) is 22.7 Å². The average molecular weight is 748 g/mol. The lowest BCUT2D eigenvalue weighted by Gasteiger charge is -2.35. The number of carbonyl (C=O) groups is 4.